The van der Waals surface area contributed by atoms with Crippen molar-refractivity contribution in [2.45, 2.75) is 76.0 Å². The molecule has 0 aromatic heterocycles. The highest BCUT2D eigenvalue weighted by Gasteiger charge is 2.45. The zero-order valence-electron chi connectivity index (χ0n) is 13.3. The summed E-state index contributed by atoms with van der Waals surface area (Å²) in [6.07, 6.45) is 9.63. The molecule has 2 heterocycles. The Morgan fingerprint density at radius 3 is 1.67 bits per heavy atom. The minimum atomic E-state index is -1.97. The van der Waals surface area contributed by atoms with Gasteiger partial charge in [0.1, 0.15) is 0 Å². The summed E-state index contributed by atoms with van der Waals surface area (Å²) >= 11 is 0. The van der Waals surface area contributed by atoms with Crippen molar-refractivity contribution in [3.63, 3.8) is 0 Å². The molecule has 6 atom stereocenters. The van der Waals surface area contributed by atoms with Crippen molar-refractivity contribution in [2.75, 3.05) is 13.2 Å². The number of rotatable bonds is 6. The molecule has 2 aliphatic carbocycles. The molecule has 0 spiro atoms. The van der Waals surface area contributed by atoms with Gasteiger partial charge in [-0.25, -0.2) is 0 Å². The predicted molar refractivity (Wildman–Crippen MR) is 81.4 cm³/mol. The van der Waals surface area contributed by atoms with E-state index in [1.165, 1.54) is 38.5 Å². The van der Waals surface area contributed by atoms with Crippen LogP contribution in [0.2, 0.25) is 13.1 Å². The van der Waals surface area contributed by atoms with E-state index in [-0.39, 0.29) is 0 Å². The third-order valence-electron chi connectivity index (χ3n) is 5.56. The Labute approximate surface area is 128 Å². The summed E-state index contributed by atoms with van der Waals surface area (Å²) in [5.74, 6) is 1.36. The monoisotopic (exact) mass is 312 g/mol. The highest BCUT2D eigenvalue weighted by atomic mass is 28.4. The van der Waals surface area contributed by atoms with Crippen LogP contribution < -0.4 is 0 Å². The van der Waals surface area contributed by atoms with Crippen molar-refractivity contribution in [1.82, 2.24) is 0 Å². The Balaban J connectivity index is 1.16. The Morgan fingerprint density at radius 1 is 0.762 bits per heavy atom. The molecular weight excluding hydrogens is 284 g/mol. The second kappa shape index (κ2) is 5.60. The Morgan fingerprint density at radius 2 is 1.24 bits per heavy atom. The molecule has 4 rings (SSSR count). The second-order valence-corrected chi connectivity index (χ2v) is 11.2. The average Bonchev–Trinajstić information content (AvgIpc) is 3.35. The third kappa shape index (κ3) is 3.70. The topological polar surface area (TPSA) is 43.5 Å². The molecule has 2 saturated carbocycles. The van der Waals surface area contributed by atoms with E-state index in [1.54, 1.807) is 0 Å². The van der Waals surface area contributed by atoms with Gasteiger partial charge in [-0.05, 0) is 63.5 Å². The first-order valence-corrected chi connectivity index (χ1v) is 11.5. The summed E-state index contributed by atoms with van der Waals surface area (Å²) in [6.45, 7) is 6.10. The van der Waals surface area contributed by atoms with Crippen molar-refractivity contribution in [2.24, 2.45) is 11.8 Å². The normalized spacial score (nSPS) is 44.9. The maximum Gasteiger partial charge on any atom is 0.331 e. The Hall–Kier alpha value is 0.0569. The van der Waals surface area contributed by atoms with Crippen LogP contribution in [0.3, 0.4) is 0 Å². The minimum Gasteiger partial charge on any atom is -0.394 e. The van der Waals surface area contributed by atoms with Gasteiger partial charge in [0.2, 0.25) is 0 Å². The van der Waals surface area contributed by atoms with Gasteiger partial charge in [0.05, 0.1) is 24.4 Å². The number of hydrogen-bond acceptors (Lipinski definition) is 4. The molecule has 0 bridgehead atoms. The van der Waals surface area contributed by atoms with Crippen LogP contribution in [-0.4, -0.2) is 46.2 Å². The van der Waals surface area contributed by atoms with E-state index in [4.69, 9.17) is 18.3 Å². The summed E-state index contributed by atoms with van der Waals surface area (Å²) < 4.78 is 23.6. The van der Waals surface area contributed by atoms with Crippen LogP contribution in [0.4, 0.5) is 0 Å². The van der Waals surface area contributed by atoms with E-state index in [9.17, 15) is 0 Å². The molecule has 21 heavy (non-hydrogen) atoms. The van der Waals surface area contributed by atoms with Crippen LogP contribution in [0.5, 0.6) is 0 Å². The van der Waals surface area contributed by atoms with E-state index < -0.39 is 8.56 Å². The number of ether oxygens (including phenoxy) is 2. The molecule has 4 nitrogen and oxygen atoms in total. The van der Waals surface area contributed by atoms with E-state index in [0.717, 1.165) is 13.2 Å². The summed E-state index contributed by atoms with van der Waals surface area (Å²) in [6, 6.07) is 0. The third-order valence-corrected chi connectivity index (χ3v) is 7.28. The molecule has 2 saturated heterocycles. The van der Waals surface area contributed by atoms with E-state index in [2.05, 4.69) is 13.1 Å². The van der Waals surface area contributed by atoms with Gasteiger partial charge in [0.25, 0.3) is 0 Å². The molecule has 0 aromatic carbocycles. The highest BCUT2D eigenvalue weighted by molar-refractivity contribution is 6.64. The molecule has 2 aliphatic heterocycles. The van der Waals surface area contributed by atoms with Crippen molar-refractivity contribution in [3.8, 4) is 0 Å². The van der Waals surface area contributed by atoms with Crippen LogP contribution in [-0.2, 0) is 18.3 Å². The summed E-state index contributed by atoms with van der Waals surface area (Å²) in [5.41, 5.74) is 0. The molecule has 0 amide bonds. The predicted octanol–water partition coefficient (Wildman–Crippen LogP) is 2.86. The quantitative estimate of drug-likeness (QED) is 0.559. The molecule has 120 valence electrons. The number of hydrogen-bond donors (Lipinski definition) is 0. The van der Waals surface area contributed by atoms with Gasteiger partial charge < -0.3 is 18.3 Å². The van der Waals surface area contributed by atoms with Crippen LogP contribution >= 0.6 is 0 Å². The van der Waals surface area contributed by atoms with Gasteiger partial charge in [-0.2, -0.15) is 0 Å². The van der Waals surface area contributed by atoms with E-state index >= 15 is 0 Å². The molecule has 0 N–H and O–H groups in total. The summed E-state index contributed by atoms with van der Waals surface area (Å²) in [4.78, 5) is 0. The van der Waals surface area contributed by atoms with Crippen LogP contribution in [0.25, 0.3) is 0 Å². The van der Waals surface area contributed by atoms with E-state index in [0.29, 0.717) is 36.3 Å². The van der Waals surface area contributed by atoms with Crippen molar-refractivity contribution in [1.29, 1.82) is 0 Å². The van der Waals surface area contributed by atoms with Gasteiger partial charge in [-0.1, -0.05) is 0 Å². The Kier molecular flexibility index (Phi) is 3.90. The lowest BCUT2D eigenvalue weighted by atomic mass is 9.90. The largest absolute Gasteiger partial charge is 0.394 e. The Bertz CT molecular complexity index is 354. The first kappa shape index (κ1) is 14.6. The van der Waals surface area contributed by atoms with Gasteiger partial charge >= 0.3 is 8.56 Å². The van der Waals surface area contributed by atoms with Gasteiger partial charge in [-0.15, -0.1) is 0 Å². The van der Waals surface area contributed by atoms with Crippen LogP contribution in [0.1, 0.15) is 38.5 Å². The van der Waals surface area contributed by atoms with Crippen molar-refractivity contribution >= 4 is 8.56 Å². The maximum absolute atomic E-state index is 6.19. The highest BCUT2D eigenvalue weighted by Crippen LogP contribution is 2.40. The first-order valence-electron chi connectivity index (χ1n) is 8.68. The molecular formula is C16H28O4Si. The fourth-order valence-electron chi connectivity index (χ4n) is 3.96. The minimum absolute atomic E-state index is 0.548. The average molecular weight is 312 g/mol. The maximum atomic E-state index is 6.19. The lowest BCUT2D eigenvalue weighted by Gasteiger charge is -2.29. The molecule has 5 heteroatoms. The standard InChI is InChI=1S/C16H28O4Si/c1-21(2,17-9-11-3-5-13-15(7-11)19-13)18-10-12-4-6-14-16(8-12)20-14/h11-16H,3-10H2,1-2H3. The fourth-order valence-corrected chi connectivity index (χ4v) is 5.31. The first-order chi connectivity index (χ1) is 10.1. The molecule has 6 unspecified atom stereocenters. The lowest BCUT2D eigenvalue weighted by molar-refractivity contribution is 0.119. The molecule has 0 aromatic rings. The smallest absolute Gasteiger partial charge is 0.331 e. The lowest BCUT2D eigenvalue weighted by Crippen LogP contribution is -2.39. The summed E-state index contributed by atoms with van der Waals surface area (Å²) in [5, 5.41) is 0. The van der Waals surface area contributed by atoms with Gasteiger partial charge in [0.15, 0.2) is 0 Å². The SMILES string of the molecule is C[Si](C)(OCC1CCC2OC2C1)OCC1CCC2OC2C1. The van der Waals surface area contributed by atoms with Crippen molar-refractivity contribution < 1.29 is 18.3 Å². The van der Waals surface area contributed by atoms with E-state index in [1.807, 2.05) is 0 Å². The zero-order chi connectivity index (χ0) is 14.4. The van der Waals surface area contributed by atoms with Gasteiger partial charge in [0, 0.05) is 13.2 Å². The van der Waals surface area contributed by atoms with Gasteiger partial charge in [-0.3, -0.25) is 0 Å². The molecule has 4 fully saturated rings. The second-order valence-electron chi connectivity index (χ2n) is 7.81. The summed E-state index contributed by atoms with van der Waals surface area (Å²) in [7, 11) is -1.97. The molecule has 0 radical (unpaired) electrons. The fraction of sp³-hybridized carbons (Fsp3) is 1.00. The van der Waals surface area contributed by atoms with Crippen LogP contribution in [0, 0.1) is 11.8 Å². The van der Waals surface area contributed by atoms with Crippen LogP contribution in [0.15, 0.2) is 0 Å². The molecule has 4 aliphatic rings. The number of fused-ring (bicyclic) bond motifs is 2. The zero-order valence-corrected chi connectivity index (χ0v) is 14.3. The van der Waals surface area contributed by atoms with Crippen molar-refractivity contribution in [3.05, 3.63) is 0 Å². The number of epoxide rings is 2.